The molecule has 2 rings (SSSR count). The van der Waals surface area contributed by atoms with E-state index in [2.05, 4.69) is 5.32 Å². The Labute approximate surface area is 143 Å². The fraction of sp³-hybridized carbons (Fsp3) is 0.278. The molecule has 2 aromatic rings. The highest BCUT2D eigenvalue weighted by molar-refractivity contribution is 5.90. The van der Waals surface area contributed by atoms with Crippen LogP contribution in [0.4, 0.5) is 18.9 Å². The summed E-state index contributed by atoms with van der Waals surface area (Å²) in [7, 11) is 0. The fourth-order valence-electron chi connectivity index (χ4n) is 2.21. The van der Waals surface area contributed by atoms with Crippen LogP contribution in [0, 0.1) is 0 Å². The Hall–Kier alpha value is -2.54. The van der Waals surface area contributed by atoms with Crippen molar-refractivity contribution in [3.8, 4) is 5.75 Å². The number of nitrogens with one attached hydrogen (secondary N) is 1. The van der Waals surface area contributed by atoms with Crippen LogP contribution in [-0.2, 0) is 17.5 Å². The van der Waals surface area contributed by atoms with E-state index in [0.717, 1.165) is 12.1 Å². The maximum Gasteiger partial charge on any atom is 0.416 e. The van der Waals surface area contributed by atoms with E-state index in [1.54, 1.807) is 12.1 Å². The lowest BCUT2D eigenvalue weighted by atomic mass is 10.1. The minimum atomic E-state index is -4.49. The summed E-state index contributed by atoms with van der Waals surface area (Å²) in [5, 5.41) is 2.48. The number of alkyl halides is 3. The Kier molecular flexibility index (Phi) is 6.41. The molecule has 0 fully saturated rings. The summed E-state index contributed by atoms with van der Waals surface area (Å²) in [5.74, 6) is 0.326. The number of amides is 1. The number of hydrogen-bond acceptors (Lipinski definition) is 3. The molecule has 25 heavy (non-hydrogen) atoms. The molecule has 0 unspecified atom stereocenters. The number of anilines is 1. The van der Waals surface area contributed by atoms with E-state index >= 15 is 0 Å². The lowest BCUT2D eigenvalue weighted by molar-refractivity contribution is -0.137. The van der Waals surface area contributed by atoms with E-state index in [0.29, 0.717) is 24.3 Å². The smallest absolute Gasteiger partial charge is 0.416 e. The van der Waals surface area contributed by atoms with E-state index in [1.807, 2.05) is 18.2 Å². The second kappa shape index (κ2) is 8.53. The van der Waals surface area contributed by atoms with E-state index in [-0.39, 0.29) is 24.6 Å². The largest absolute Gasteiger partial charge is 0.494 e. The quantitative estimate of drug-likeness (QED) is 0.742. The molecule has 0 saturated heterocycles. The molecule has 4 nitrogen and oxygen atoms in total. The van der Waals surface area contributed by atoms with Crippen molar-refractivity contribution in [1.82, 2.24) is 0 Å². The topological polar surface area (TPSA) is 64.3 Å². The average Bonchev–Trinajstić information content (AvgIpc) is 2.58. The summed E-state index contributed by atoms with van der Waals surface area (Å²) in [6.07, 6.45) is -3.90. The number of carbonyl (C=O) groups is 1. The minimum absolute atomic E-state index is 0.0439. The van der Waals surface area contributed by atoms with Crippen LogP contribution in [-0.4, -0.2) is 12.5 Å². The van der Waals surface area contributed by atoms with Crippen molar-refractivity contribution in [2.45, 2.75) is 25.6 Å². The summed E-state index contributed by atoms with van der Waals surface area (Å²) >= 11 is 0. The van der Waals surface area contributed by atoms with Gasteiger partial charge in [-0.05, 0) is 42.3 Å². The minimum Gasteiger partial charge on any atom is -0.494 e. The van der Waals surface area contributed by atoms with Gasteiger partial charge >= 0.3 is 6.18 Å². The molecule has 0 aliphatic carbocycles. The second-order valence-electron chi connectivity index (χ2n) is 5.43. The third kappa shape index (κ3) is 6.11. The normalized spacial score (nSPS) is 11.2. The fourth-order valence-corrected chi connectivity index (χ4v) is 2.21. The molecule has 134 valence electrons. The highest BCUT2D eigenvalue weighted by Gasteiger charge is 2.31. The molecular formula is C18H19F3N2O2. The number of hydrogen-bond donors (Lipinski definition) is 2. The Bertz CT molecular complexity index is 703. The number of para-hydroxylation sites is 1. The molecule has 0 atom stereocenters. The highest BCUT2D eigenvalue weighted by atomic mass is 19.4. The lowest BCUT2D eigenvalue weighted by Gasteiger charge is -2.12. The average molecular weight is 352 g/mol. The maximum atomic E-state index is 12.9. The molecule has 0 saturated carbocycles. The van der Waals surface area contributed by atoms with Crippen molar-refractivity contribution in [2.24, 2.45) is 5.73 Å². The van der Waals surface area contributed by atoms with Crippen molar-refractivity contribution >= 4 is 11.6 Å². The maximum absolute atomic E-state index is 12.9. The van der Waals surface area contributed by atoms with Crippen LogP contribution in [0.5, 0.6) is 5.75 Å². The van der Waals surface area contributed by atoms with Gasteiger partial charge in [0.2, 0.25) is 5.91 Å². The first kappa shape index (κ1) is 18.8. The van der Waals surface area contributed by atoms with Gasteiger partial charge in [0.05, 0.1) is 12.2 Å². The Morgan fingerprint density at radius 2 is 1.84 bits per heavy atom. The van der Waals surface area contributed by atoms with Crippen LogP contribution in [0.15, 0.2) is 48.5 Å². The number of halogens is 3. The molecule has 0 aliphatic rings. The zero-order valence-electron chi connectivity index (χ0n) is 13.5. The third-order valence-electron chi connectivity index (χ3n) is 3.40. The molecule has 0 aromatic heterocycles. The van der Waals surface area contributed by atoms with Crippen molar-refractivity contribution < 1.29 is 22.7 Å². The van der Waals surface area contributed by atoms with Crippen LogP contribution in [0.2, 0.25) is 0 Å². The molecule has 0 radical (unpaired) electrons. The van der Waals surface area contributed by atoms with Crippen molar-refractivity contribution in [2.75, 3.05) is 11.9 Å². The SMILES string of the molecule is NCc1cc(NC(=O)CCCOc2ccccc2)cc(C(F)(F)F)c1. The first-order chi connectivity index (χ1) is 11.9. The first-order valence-electron chi connectivity index (χ1n) is 7.77. The Morgan fingerprint density at radius 3 is 2.48 bits per heavy atom. The molecule has 1 amide bonds. The van der Waals surface area contributed by atoms with Crippen LogP contribution in [0.1, 0.15) is 24.0 Å². The molecule has 0 spiro atoms. The summed E-state index contributed by atoms with van der Waals surface area (Å²) in [5.41, 5.74) is 4.97. The standard InChI is InChI=1S/C18H19F3N2O2/c19-18(20,21)14-9-13(12-22)10-15(11-14)23-17(24)7-4-8-25-16-5-2-1-3-6-16/h1-3,5-6,9-11H,4,7-8,12,22H2,(H,23,24). The summed E-state index contributed by atoms with van der Waals surface area (Å²) in [6.45, 7) is 0.297. The van der Waals surface area contributed by atoms with Gasteiger partial charge in [0.25, 0.3) is 0 Å². The molecule has 7 heteroatoms. The summed E-state index contributed by atoms with van der Waals surface area (Å²) in [6, 6.07) is 12.5. The van der Waals surface area contributed by atoms with Gasteiger partial charge in [0, 0.05) is 18.7 Å². The number of benzene rings is 2. The van der Waals surface area contributed by atoms with Gasteiger partial charge < -0.3 is 15.8 Å². The van der Waals surface area contributed by atoms with Gasteiger partial charge in [-0.3, -0.25) is 4.79 Å². The Balaban J connectivity index is 1.87. The third-order valence-corrected chi connectivity index (χ3v) is 3.40. The van der Waals surface area contributed by atoms with Crippen molar-refractivity contribution in [3.63, 3.8) is 0 Å². The predicted octanol–water partition coefficient (Wildman–Crippen LogP) is 3.96. The van der Waals surface area contributed by atoms with Gasteiger partial charge in [-0.25, -0.2) is 0 Å². The predicted molar refractivity (Wildman–Crippen MR) is 89.1 cm³/mol. The molecule has 3 N–H and O–H groups in total. The first-order valence-corrected chi connectivity index (χ1v) is 7.77. The van der Waals surface area contributed by atoms with Gasteiger partial charge in [-0.1, -0.05) is 18.2 Å². The number of ether oxygens (including phenoxy) is 1. The van der Waals surface area contributed by atoms with Gasteiger partial charge in [-0.15, -0.1) is 0 Å². The van der Waals surface area contributed by atoms with Crippen LogP contribution >= 0.6 is 0 Å². The molecule has 2 aromatic carbocycles. The number of nitrogens with two attached hydrogens (primary N) is 1. The van der Waals surface area contributed by atoms with Crippen LogP contribution in [0.3, 0.4) is 0 Å². The van der Waals surface area contributed by atoms with Gasteiger partial charge in [0.1, 0.15) is 5.75 Å². The molecule has 0 bridgehead atoms. The molecule has 0 heterocycles. The summed E-state index contributed by atoms with van der Waals surface area (Å²) in [4.78, 5) is 11.9. The second-order valence-corrected chi connectivity index (χ2v) is 5.43. The highest BCUT2D eigenvalue weighted by Crippen LogP contribution is 2.32. The van der Waals surface area contributed by atoms with Crippen LogP contribution < -0.4 is 15.8 Å². The van der Waals surface area contributed by atoms with E-state index in [4.69, 9.17) is 10.5 Å². The van der Waals surface area contributed by atoms with E-state index in [1.165, 1.54) is 6.07 Å². The molecule has 0 aliphatic heterocycles. The number of rotatable bonds is 7. The van der Waals surface area contributed by atoms with E-state index in [9.17, 15) is 18.0 Å². The van der Waals surface area contributed by atoms with E-state index < -0.39 is 11.7 Å². The monoisotopic (exact) mass is 352 g/mol. The zero-order chi connectivity index (χ0) is 18.3. The summed E-state index contributed by atoms with van der Waals surface area (Å²) < 4.78 is 44.0. The van der Waals surface area contributed by atoms with Crippen molar-refractivity contribution in [1.29, 1.82) is 0 Å². The van der Waals surface area contributed by atoms with Crippen LogP contribution in [0.25, 0.3) is 0 Å². The Morgan fingerprint density at radius 1 is 1.12 bits per heavy atom. The number of carbonyl (C=O) groups excluding carboxylic acids is 1. The van der Waals surface area contributed by atoms with Crippen molar-refractivity contribution in [3.05, 3.63) is 59.7 Å². The zero-order valence-corrected chi connectivity index (χ0v) is 13.5. The molecular weight excluding hydrogens is 333 g/mol. The van der Waals surface area contributed by atoms with Gasteiger partial charge in [0.15, 0.2) is 0 Å². The van der Waals surface area contributed by atoms with Gasteiger partial charge in [-0.2, -0.15) is 13.2 Å². The lowest BCUT2D eigenvalue weighted by Crippen LogP contribution is -2.15.